The molecule has 24 heavy (non-hydrogen) atoms. The predicted molar refractivity (Wildman–Crippen MR) is 78.7 cm³/mol. The van der Waals surface area contributed by atoms with Crippen molar-refractivity contribution >= 4 is 48.4 Å². The largest absolute Gasteiger partial charge is 0.490 e. The van der Waals surface area contributed by atoms with Gasteiger partial charge in [0.25, 0.3) is 0 Å². The Morgan fingerprint density at radius 3 is 2.33 bits per heavy atom. The van der Waals surface area contributed by atoms with Crippen LogP contribution in [0.2, 0.25) is 0 Å². The predicted octanol–water partition coefficient (Wildman–Crippen LogP) is -0.692. The first-order valence-electron chi connectivity index (χ1n) is 6.09. The maximum Gasteiger partial charge on any atom is 0.490 e. The van der Waals surface area contributed by atoms with Crippen molar-refractivity contribution in [3.8, 4) is 0 Å². The van der Waals surface area contributed by atoms with Crippen molar-refractivity contribution in [3.63, 3.8) is 0 Å². The van der Waals surface area contributed by atoms with Crippen molar-refractivity contribution < 1.29 is 60.7 Å². The fourth-order valence-electron chi connectivity index (χ4n) is 2.07. The topological polar surface area (TPSA) is 195 Å². The maximum atomic E-state index is 11.6. The van der Waals surface area contributed by atoms with E-state index in [9.17, 15) is 23.4 Å². The maximum absolute atomic E-state index is 11.6. The first-order valence-corrected chi connectivity index (χ1v) is 11.5. The Bertz CT molecular complexity index is 650. The highest BCUT2D eigenvalue weighted by atomic mass is 32.2. The lowest BCUT2D eigenvalue weighted by Gasteiger charge is -2.19. The Morgan fingerprint density at radius 2 is 1.75 bits per heavy atom. The van der Waals surface area contributed by atoms with Crippen LogP contribution in [0.1, 0.15) is 0 Å². The Labute approximate surface area is 139 Å². The fraction of sp³-hybridized carbons (Fsp3) is 0.833. The van der Waals surface area contributed by atoms with Crippen LogP contribution in [0.4, 0.5) is 4.79 Å². The van der Waals surface area contributed by atoms with Crippen LogP contribution in [0.25, 0.3) is 0 Å². The molecule has 2 saturated heterocycles. The summed E-state index contributed by atoms with van der Waals surface area (Å²) in [5, 5.41) is -0.879. The molecule has 0 bridgehead atoms. The molecule has 2 aliphatic rings. The molecule has 2 heterocycles. The Hall–Kier alpha value is 0.255. The minimum atomic E-state index is -5.57. The highest BCUT2D eigenvalue weighted by Crippen LogP contribution is 2.66. The Morgan fingerprint density at radius 1 is 1.12 bits per heavy atom. The molecule has 4 N–H and O–H groups in total. The summed E-state index contributed by atoms with van der Waals surface area (Å²) in [6.07, 6.45) is -1.68. The second kappa shape index (κ2) is 7.11. The summed E-state index contributed by atoms with van der Waals surface area (Å²) in [6.45, 7) is -0.650. The number of rotatable bonds is 7. The van der Waals surface area contributed by atoms with Gasteiger partial charge in [0.1, 0.15) is 20.1 Å². The average molecular weight is 428 g/mol. The number of phosphoric acid groups is 3. The van der Waals surface area contributed by atoms with Gasteiger partial charge in [0.05, 0.1) is 11.9 Å². The minimum absolute atomic E-state index is 0.341. The summed E-state index contributed by atoms with van der Waals surface area (Å²) in [5.41, 5.74) is 0. The summed E-state index contributed by atoms with van der Waals surface area (Å²) in [7, 11) is -14.6. The molecule has 2 rings (SSSR count). The first kappa shape index (κ1) is 20.6. The summed E-state index contributed by atoms with van der Waals surface area (Å²) < 4.78 is 55.2. The molecule has 0 amide bonds. The Kier molecular flexibility index (Phi) is 6.09. The third kappa shape index (κ3) is 5.63. The van der Waals surface area contributed by atoms with E-state index < -0.39 is 53.6 Å². The molecule has 13 nitrogen and oxygen atoms in total. The summed E-state index contributed by atoms with van der Waals surface area (Å²) in [4.78, 5) is 46.4. The van der Waals surface area contributed by atoms with Crippen LogP contribution in [-0.2, 0) is 36.3 Å². The smallest absolute Gasteiger partial charge is 0.450 e. The van der Waals surface area contributed by atoms with E-state index in [0.29, 0.717) is 0 Å². The molecular formula is C6H12BO13P3S. The second-order valence-corrected chi connectivity index (χ2v) is 10.2. The van der Waals surface area contributed by atoms with Gasteiger partial charge in [-0.05, 0) is 11.8 Å². The molecule has 138 valence electrons. The molecule has 18 heteroatoms. The van der Waals surface area contributed by atoms with Gasteiger partial charge in [-0.1, -0.05) is 0 Å². The van der Waals surface area contributed by atoms with Gasteiger partial charge in [-0.3, -0.25) is 4.52 Å². The van der Waals surface area contributed by atoms with Gasteiger partial charge in [0, 0.05) is 6.00 Å². The standard InChI is InChI=1S/C6H12BO13P3S/c7-5-4-3(18-6(8)24-4)2(17-5)1-16-22(12,13)20-23(14,15)19-21(9,10)11/h2-5H,1,7H2,(H,12,13)(H,14,15)(H2,9,10,11). The van der Waals surface area contributed by atoms with E-state index >= 15 is 0 Å². The van der Waals surface area contributed by atoms with Crippen LogP contribution in [0, 0.1) is 0 Å². The molecular weight excluding hydrogens is 416 g/mol. The van der Waals surface area contributed by atoms with Gasteiger partial charge < -0.3 is 29.0 Å². The molecule has 0 aromatic carbocycles. The lowest BCUT2D eigenvalue weighted by molar-refractivity contribution is -0.00524. The molecule has 6 unspecified atom stereocenters. The number of ether oxygens (including phenoxy) is 2. The summed E-state index contributed by atoms with van der Waals surface area (Å²) >= 11 is 0.902. The van der Waals surface area contributed by atoms with Crippen LogP contribution in [0.5, 0.6) is 0 Å². The molecule has 0 aromatic rings. The fourth-order valence-corrected chi connectivity index (χ4v) is 6.11. The molecule has 0 aliphatic carbocycles. The van der Waals surface area contributed by atoms with Gasteiger partial charge in [0.15, 0.2) is 0 Å². The van der Waals surface area contributed by atoms with Gasteiger partial charge in [-0.2, -0.15) is 8.62 Å². The average Bonchev–Trinajstić information content (AvgIpc) is 2.82. The monoisotopic (exact) mass is 428 g/mol. The Balaban J connectivity index is 1.93. The zero-order valence-corrected chi connectivity index (χ0v) is 15.2. The van der Waals surface area contributed by atoms with Crippen molar-refractivity contribution in [2.24, 2.45) is 0 Å². The van der Waals surface area contributed by atoms with E-state index in [2.05, 4.69) is 13.1 Å². The van der Waals surface area contributed by atoms with E-state index in [4.69, 9.17) is 24.2 Å². The van der Waals surface area contributed by atoms with Crippen molar-refractivity contribution in [1.82, 2.24) is 0 Å². The molecule has 0 spiro atoms. The SMILES string of the molecule is BC1OC(COP(=O)(O)OP(=O)(O)OP(=O)(O)O)C2OC(=O)SC12. The van der Waals surface area contributed by atoms with Crippen molar-refractivity contribution in [2.45, 2.75) is 23.5 Å². The molecule has 0 radical (unpaired) electrons. The third-order valence-corrected chi connectivity index (χ3v) is 7.84. The lowest BCUT2D eigenvalue weighted by atomic mass is 9.95. The van der Waals surface area contributed by atoms with Crippen molar-refractivity contribution in [3.05, 3.63) is 0 Å². The normalized spacial score (nSPS) is 35.1. The number of carbonyl (C=O) groups excluding carboxylic acids is 1. The zero-order valence-electron chi connectivity index (χ0n) is 11.7. The number of thioether (sulfide) groups is 1. The van der Waals surface area contributed by atoms with Crippen LogP contribution < -0.4 is 0 Å². The second-order valence-electron chi connectivity index (χ2n) is 4.68. The van der Waals surface area contributed by atoms with Crippen LogP contribution >= 0.6 is 35.2 Å². The van der Waals surface area contributed by atoms with E-state index in [1.165, 1.54) is 0 Å². The summed E-state index contributed by atoms with van der Waals surface area (Å²) in [6, 6.07) is -0.416. The molecule has 0 aromatic heterocycles. The molecule has 0 saturated carbocycles. The van der Waals surface area contributed by atoms with Crippen LogP contribution in [-0.4, -0.2) is 62.8 Å². The summed E-state index contributed by atoms with van der Waals surface area (Å²) in [5.74, 6) is 0. The van der Waals surface area contributed by atoms with E-state index in [1.807, 2.05) is 0 Å². The quantitative estimate of drug-likeness (QED) is 0.226. The van der Waals surface area contributed by atoms with E-state index in [0.717, 1.165) is 11.8 Å². The minimum Gasteiger partial charge on any atom is -0.450 e. The molecule has 2 aliphatic heterocycles. The highest BCUT2D eigenvalue weighted by Gasteiger charge is 2.52. The van der Waals surface area contributed by atoms with E-state index in [1.54, 1.807) is 7.85 Å². The number of phosphoric ester groups is 1. The van der Waals surface area contributed by atoms with Gasteiger partial charge in [0.2, 0.25) is 0 Å². The lowest BCUT2D eigenvalue weighted by Crippen LogP contribution is -2.30. The highest BCUT2D eigenvalue weighted by molar-refractivity contribution is 8.14. The van der Waals surface area contributed by atoms with Crippen LogP contribution in [0.3, 0.4) is 0 Å². The van der Waals surface area contributed by atoms with Gasteiger partial charge in [-0.15, -0.1) is 0 Å². The number of fused-ring (bicyclic) bond motifs is 1. The number of carbonyl (C=O) groups is 1. The zero-order chi connectivity index (χ0) is 18.3. The molecule has 2 fully saturated rings. The van der Waals surface area contributed by atoms with Crippen molar-refractivity contribution in [2.75, 3.05) is 6.61 Å². The number of hydrogen-bond acceptors (Lipinski definition) is 10. The van der Waals surface area contributed by atoms with Gasteiger partial charge in [-0.25, -0.2) is 18.5 Å². The van der Waals surface area contributed by atoms with Crippen molar-refractivity contribution in [1.29, 1.82) is 0 Å². The molecule has 6 atom stereocenters. The van der Waals surface area contributed by atoms with Gasteiger partial charge >= 0.3 is 28.8 Å². The first-order chi connectivity index (χ1) is 10.8. The van der Waals surface area contributed by atoms with E-state index in [-0.39, 0.29) is 5.25 Å². The third-order valence-electron chi connectivity index (χ3n) is 2.82. The number of hydrogen-bond donors (Lipinski definition) is 4. The van der Waals surface area contributed by atoms with Crippen LogP contribution in [0.15, 0.2) is 0 Å².